The highest BCUT2D eigenvalue weighted by Gasteiger charge is 2.05. The lowest BCUT2D eigenvalue weighted by atomic mass is 10.3. The first-order valence-electron chi connectivity index (χ1n) is 5.77. The van der Waals surface area contributed by atoms with Crippen molar-refractivity contribution in [2.45, 2.75) is 13.5 Å². The molecule has 5 heteroatoms. The zero-order chi connectivity index (χ0) is 12.4. The minimum absolute atomic E-state index is 0.694. The van der Waals surface area contributed by atoms with Crippen LogP contribution < -0.4 is 5.32 Å². The number of nitrogens with one attached hydrogen (secondary N) is 2. The molecule has 3 heterocycles. The van der Waals surface area contributed by atoms with Crippen LogP contribution >= 0.6 is 0 Å². The number of nitrogens with zero attached hydrogens (tertiary/aromatic N) is 3. The van der Waals surface area contributed by atoms with Gasteiger partial charge in [-0.05, 0) is 24.6 Å². The maximum atomic E-state index is 4.52. The summed E-state index contributed by atoms with van der Waals surface area (Å²) in [6.07, 6.45) is 5.44. The van der Waals surface area contributed by atoms with Crippen molar-refractivity contribution in [1.82, 2.24) is 19.9 Å². The molecule has 3 aromatic rings. The normalized spacial score (nSPS) is 10.7. The third kappa shape index (κ3) is 2.02. The van der Waals surface area contributed by atoms with E-state index < -0.39 is 0 Å². The number of fused-ring (bicyclic) bond motifs is 1. The summed E-state index contributed by atoms with van der Waals surface area (Å²) in [5, 5.41) is 3.28. The average molecular weight is 239 g/mol. The number of H-pyrrole nitrogens is 1. The predicted octanol–water partition coefficient (Wildman–Crippen LogP) is 2.27. The number of anilines is 1. The summed E-state index contributed by atoms with van der Waals surface area (Å²) >= 11 is 0. The Balaban J connectivity index is 1.84. The molecule has 5 nitrogen and oxygen atoms in total. The minimum atomic E-state index is 0.694. The quantitative estimate of drug-likeness (QED) is 0.735. The molecule has 0 aromatic carbocycles. The molecule has 3 aromatic heterocycles. The van der Waals surface area contributed by atoms with Crippen LogP contribution in [0.25, 0.3) is 11.2 Å². The van der Waals surface area contributed by atoms with Crippen molar-refractivity contribution in [3.63, 3.8) is 0 Å². The number of hydrogen-bond donors (Lipinski definition) is 2. The number of aromatic nitrogens is 4. The van der Waals surface area contributed by atoms with Gasteiger partial charge in [0.05, 0.1) is 5.69 Å². The highest BCUT2D eigenvalue weighted by atomic mass is 15.0. The summed E-state index contributed by atoms with van der Waals surface area (Å²) in [5.74, 6) is 0.811. The standard InChI is InChI=1S/C13H13N5/c1-9-12(16-8-10-3-2-5-14-7-10)18-11-4-6-15-13(11)17-9/h2-7H,8H2,1H3,(H,15,17)(H,16,18). The molecule has 18 heavy (non-hydrogen) atoms. The van der Waals surface area contributed by atoms with Crippen LogP contribution in [0, 0.1) is 6.92 Å². The van der Waals surface area contributed by atoms with Gasteiger partial charge < -0.3 is 10.3 Å². The summed E-state index contributed by atoms with van der Waals surface area (Å²) in [5.41, 5.74) is 3.69. The first kappa shape index (κ1) is 10.7. The molecule has 0 saturated heterocycles. The number of aryl methyl sites for hydroxylation is 1. The zero-order valence-electron chi connectivity index (χ0n) is 10.0. The van der Waals surface area contributed by atoms with Crippen LogP contribution in [0.3, 0.4) is 0 Å². The van der Waals surface area contributed by atoms with Crippen molar-refractivity contribution in [2.24, 2.45) is 0 Å². The van der Waals surface area contributed by atoms with Crippen LogP contribution in [0.1, 0.15) is 11.3 Å². The Hall–Kier alpha value is -2.43. The fraction of sp³-hybridized carbons (Fsp3) is 0.154. The molecule has 0 spiro atoms. The van der Waals surface area contributed by atoms with E-state index in [2.05, 4.69) is 25.3 Å². The Labute approximate surface area is 104 Å². The minimum Gasteiger partial charge on any atom is -0.364 e. The summed E-state index contributed by atoms with van der Waals surface area (Å²) in [4.78, 5) is 16.1. The van der Waals surface area contributed by atoms with Crippen molar-refractivity contribution in [3.8, 4) is 0 Å². The third-order valence-electron chi connectivity index (χ3n) is 2.74. The average Bonchev–Trinajstić information content (AvgIpc) is 2.84. The molecule has 0 fully saturated rings. The van der Waals surface area contributed by atoms with Crippen LogP contribution in [0.2, 0.25) is 0 Å². The molecule has 0 aliphatic heterocycles. The van der Waals surface area contributed by atoms with Crippen molar-refractivity contribution in [2.75, 3.05) is 5.32 Å². The van der Waals surface area contributed by atoms with Gasteiger partial charge in [0, 0.05) is 25.1 Å². The summed E-state index contributed by atoms with van der Waals surface area (Å²) in [6, 6.07) is 5.86. The van der Waals surface area contributed by atoms with Gasteiger partial charge >= 0.3 is 0 Å². The number of hydrogen-bond acceptors (Lipinski definition) is 4. The molecule has 2 N–H and O–H groups in total. The van der Waals surface area contributed by atoms with Gasteiger partial charge in [0.2, 0.25) is 0 Å². The van der Waals surface area contributed by atoms with Crippen molar-refractivity contribution in [3.05, 3.63) is 48.0 Å². The largest absolute Gasteiger partial charge is 0.364 e. The smallest absolute Gasteiger partial charge is 0.156 e. The Morgan fingerprint density at radius 1 is 1.28 bits per heavy atom. The number of rotatable bonds is 3. The van der Waals surface area contributed by atoms with Gasteiger partial charge in [-0.1, -0.05) is 6.07 Å². The van der Waals surface area contributed by atoms with E-state index >= 15 is 0 Å². The van der Waals surface area contributed by atoms with Crippen LogP contribution in [-0.2, 0) is 6.54 Å². The molecule has 0 aliphatic rings. The maximum Gasteiger partial charge on any atom is 0.156 e. The second-order valence-electron chi connectivity index (χ2n) is 4.08. The lowest BCUT2D eigenvalue weighted by Crippen LogP contribution is -2.04. The van der Waals surface area contributed by atoms with E-state index in [0.717, 1.165) is 28.2 Å². The fourth-order valence-electron chi connectivity index (χ4n) is 1.81. The zero-order valence-corrected chi connectivity index (χ0v) is 10.0. The lowest BCUT2D eigenvalue weighted by molar-refractivity contribution is 1.06. The van der Waals surface area contributed by atoms with Gasteiger partial charge in [0.25, 0.3) is 0 Å². The van der Waals surface area contributed by atoms with Crippen LogP contribution in [-0.4, -0.2) is 19.9 Å². The highest BCUT2D eigenvalue weighted by molar-refractivity contribution is 5.72. The molecule has 0 aliphatic carbocycles. The van der Waals surface area contributed by atoms with E-state index in [9.17, 15) is 0 Å². The summed E-state index contributed by atoms with van der Waals surface area (Å²) < 4.78 is 0. The topological polar surface area (TPSA) is 66.5 Å². The second-order valence-corrected chi connectivity index (χ2v) is 4.08. The van der Waals surface area contributed by atoms with E-state index in [-0.39, 0.29) is 0 Å². The molecule has 0 atom stereocenters. The molecule has 0 radical (unpaired) electrons. The maximum absolute atomic E-state index is 4.52. The second kappa shape index (κ2) is 4.44. The molecular formula is C13H13N5. The molecule has 0 saturated carbocycles. The van der Waals surface area contributed by atoms with Gasteiger partial charge in [-0.15, -0.1) is 0 Å². The Morgan fingerprint density at radius 3 is 3.06 bits per heavy atom. The highest BCUT2D eigenvalue weighted by Crippen LogP contribution is 2.15. The van der Waals surface area contributed by atoms with E-state index in [1.807, 2.05) is 37.5 Å². The Morgan fingerprint density at radius 2 is 2.22 bits per heavy atom. The third-order valence-corrected chi connectivity index (χ3v) is 2.74. The van der Waals surface area contributed by atoms with E-state index in [4.69, 9.17) is 0 Å². The molecule has 0 unspecified atom stereocenters. The fourth-order valence-corrected chi connectivity index (χ4v) is 1.81. The first-order valence-corrected chi connectivity index (χ1v) is 5.77. The first-order chi connectivity index (χ1) is 8.83. The lowest BCUT2D eigenvalue weighted by Gasteiger charge is -2.07. The molecule has 0 bridgehead atoms. The molecule has 3 rings (SSSR count). The van der Waals surface area contributed by atoms with E-state index in [0.29, 0.717) is 6.54 Å². The predicted molar refractivity (Wildman–Crippen MR) is 70.2 cm³/mol. The molecule has 90 valence electrons. The summed E-state index contributed by atoms with van der Waals surface area (Å²) in [6.45, 7) is 2.64. The van der Waals surface area contributed by atoms with Crippen LogP contribution in [0.5, 0.6) is 0 Å². The Kier molecular flexibility index (Phi) is 2.64. The molecular weight excluding hydrogens is 226 g/mol. The van der Waals surface area contributed by atoms with Gasteiger partial charge in [0.15, 0.2) is 5.65 Å². The van der Waals surface area contributed by atoms with Gasteiger partial charge in [-0.3, -0.25) is 4.98 Å². The van der Waals surface area contributed by atoms with Gasteiger partial charge in [-0.25, -0.2) is 9.97 Å². The summed E-state index contributed by atoms with van der Waals surface area (Å²) in [7, 11) is 0. The van der Waals surface area contributed by atoms with Gasteiger partial charge in [-0.2, -0.15) is 0 Å². The molecule has 0 amide bonds. The van der Waals surface area contributed by atoms with E-state index in [1.54, 1.807) is 6.20 Å². The van der Waals surface area contributed by atoms with Gasteiger partial charge in [0.1, 0.15) is 11.3 Å². The van der Waals surface area contributed by atoms with Crippen LogP contribution in [0.15, 0.2) is 36.8 Å². The van der Waals surface area contributed by atoms with Crippen molar-refractivity contribution >= 4 is 17.0 Å². The Bertz CT molecular complexity index is 659. The van der Waals surface area contributed by atoms with Crippen LogP contribution in [0.4, 0.5) is 5.82 Å². The number of pyridine rings is 1. The van der Waals surface area contributed by atoms with E-state index in [1.165, 1.54) is 0 Å². The SMILES string of the molecule is Cc1nc2[nH]ccc2nc1NCc1cccnc1. The monoisotopic (exact) mass is 239 g/mol. The number of aromatic amines is 1. The van der Waals surface area contributed by atoms with Crippen molar-refractivity contribution < 1.29 is 0 Å². The van der Waals surface area contributed by atoms with Crippen molar-refractivity contribution in [1.29, 1.82) is 0 Å².